The van der Waals surface area contributed by atoms with Gasteiger partial charge in [-0.2, -0.15) is 12.6 Å². The summed E-state index contributed by atoms with van der Waals surface area (Å²) in [6.45, 7) is 9.60. The van der Waals surface area contributed by atoms with E-state index < -0.39 is 0 Å². The topological polar surface area (TPSA) is 62.3 Å². The van der Waals surface area contributed by atoms with Gasteiger partial charge in [-0.05, 0) is 37.8 Å². The van der Waals surface area contributed by atoms with E-state index in [9.17, 15) is 9.59 Å². The molecule has 1 N–H and O–H groups in total. The molecular formula is C22H31N3O2S2. The van der Waals surface area contributed by atoms with Gasteiger partial charge < -0.3 is 10.2 Å². The van der Waals surface area contributed by atoms with Crippen LogP contribution in [0, 0.1) is 6.92 Å². The fourth-order valence-corrected chi connectivity index (χ4v) is 4.23. The van der Waals surface area contributed by atoms with Crippen LogP contribution in [0.5, 0.6) is 0 Å². The summed E-state index contributed by atoms with van der Waals surface area (Å²) in [7, 11) is 0. The van der Waals surface area contributed by atoms with Crippen molar-refractivity contribution in [2.75, 3.05) is 6.54 Å². The smallest absolute Gasteiger partial charge is 0.224 e. The molecule has 29 heavy (non-hydrogen) atoms. The molecule has 7 heteroatoms. The normalized spacial score (nSPS) is 16.2. The van der Waals surface area contributed by atoms with Crippen LogP contribution in [0.3, 0.4) is 0 Å². The number of nitrogens with one attached hydrogen (secondary N) is 1. The van der Waals surface area contributed by atoms with Gasteiger partial charge in [0.1, 0.15) is 0 Å². The number of carbonyl (C=O) groups excluding carboxylic acids is 2. The van der Waals surface area contributed by atoms with Gasteiger partial charge in [0.05, 0.1) is 16.1 Å². The summed E-state index contributed by atoms with van der Waals surface area (Å²) in [6, 6.07) is 8.59. The SMILES string of the molecule is CC1CCCN1C(=O)CC(C)(C)S.Cc1ncsc1-c1ccc(CNC=O)cc1. The second-order valence-corrected chi connectivity index (χ2v) is 10.1. The Morgan fingerprint density at radius 2 is 2.07 bits per heavy atom. The summed E-state index contributed by atoms with van der Waals surface area (Å²) in [5.74, 6) is 0.255. The van der Waals surface area contributed by atoms with Gasteiger partial charge in [-0.15, -0.1) is 11.3 Å². The molecular weight excluding hydrogens is 402 g/mol. The molecule has 0 radical (unpaired) electrons. The third-order valence-electron chi connectivity index (χ3n) is 4.81. The quantitative estimate of drug-likeness (QED) is 0.522. The van der Waals surface area contributed by atoms with E-state index in [2.05, 4.69) is 42.0 Å². The zero-order valence-electron chi connectivity index (χ0n) is 17.6. The molecule has 1 aromatic heterocycles. The van der Waals surface area contributed by atoms with Crippen LogP contribution in [0.25, 0.3) is 10.4 Å². The van der Waals surface area contributed by atoms with Crippen LogP contribution >= 0.6 is 24.0 Å². The monoisotopic (exact) mass is 433 g/mol. The van der Waals surface area contributed by atoms with E-state index in [1.165, 1.54) is 10.4 Å². The average Bonchev–Trinajstić information content (AvgIpc) is 3.28. The number of likely N-dealkylation sites (tertiary alicyclic amines) is 1. The lowest BCUT2D eigenvalue weighted by Gasteiger charge is -2.25. The first-order valence-electron chi connectivity index (χ1n) is 9.89. The second-order valence-electron chi connectivity index (χ2n) is 8.03. The molecule has 0 bridgehead atoms. The lowest BCUT2D eigenvalue weighted by molar-refractivity contribution is -0.132. The van der Waals surface area contributed by atoms with Gasteiger partial charge in [0.2, 0.25) is 12.3 Å². The van der Waals surface area contributed by atoms with E-state index in [0.29, 0.717) is 25.4 Å². The first-order chi connectivity index (χ1) is 13.7. The van der Waals surface area contributed by atoms with E-state index >= 15 is 0 Å². The molecule has 1 aromatic carbocycles. The molecule has 0 saturated carbocycles. The highest BCUT2D eigenvalue weighted by molar-refractivity contribution is 7.81. The highest BCUT2D eigenvalue weighted by Crippen LogP contribution is 2.27. The molecule has 1 saturated heterocycles. The van der Waals surface area contributed by atoms with E-state index in [1.54, 1.807) is 11.3 Å². The summed E-state index contributed by atoms with van der Waals surface area (Å²) in [5.41, 5.74) is 5.18. The molecule has 2 heterocycles. The van der Waals surface area contributed by atoms with Crippen LogP contribution in [0.15, 0.2) is 29.8 Å². The van der Waals surface area contributed by atoms with Gasteiger partial charge >= 0.3 is 0 Å². The molecule has 5 nitrogen and oxygen atoms in total. The Balaban J connectivity index is 0.000000212. The number of carbonyl (C=O) groups is 2. The average molecular weight is 434 g/mol. The third kappa shape index (κ3) is 7.48. The Labute approximate surface area is 183 Å². The van der Waals surface area contributed by atoms with Crippen molar-refractivity contribution in [3.63, 3.8) is 0 Å². The van der Waals surface area contributed by atoms with E-state index in [4.69, 9.17) is 0 Å². The molecule has 3 rings (SSSR count). The van der Waals surface area contributed by atoms with E-state index in [1.807, 2.05) is 43.3 Å². The maximum atomic E-state index is 11.7. The molecule has 1 unspecified atom stereocenters. The Bertz CT molecular complexity index is 797. The number of hydrogen-bond acceptors (Lipinski definition) is 5. The minimum Gasteiger partial charge on any atom is -0.355 e. The molecule has 158 valence electrons. The molecule has 0 spiro atoms. The molecule has 1 fully saturated rings. The number of thiol groups is 1. The first-order valence-corrected chi connectivity index (χ1v) is 11.2. The van der Waals surface area contributed by atoms with Crippen molar-refractivity contribution in [3.8, 4) is 10.4 Å². The molecule has 2 aromatic rings. The second kappa shape index (κ2) is 10.8. The number of aryl methyl sites for hydroxylation is 1. The van der Waals surface area contributed by atoms with Crippen LogP contribution in [-0.4, -0.2) is 39.5 Å². The lowest BCUT2D eigenvalue weighted by atomic mass is 10.1. The predicted molar refractivity (Wildman–Crippen MR) is 123 cm³/mol. The van der Waals surface area contributed by atoms with Crippen molar-refractivity contribution in [1.29, 1.82) is 0 Å². The van der Waals surface area contributed by atoms with Crippen LogP contribution < -0.4 is 5.32 Å². The number of nitrogens with zero attached hydrogens (tertiary/aromatic N) is 2. The standard InChI is InChI=1S/C12H12N2OS.C10H19NOS/c1-9-12(16-8-14-9)11-4-2-10(3-5-11)6-13-7-15;1-8-5-4-6-11(8)9(12)7-10(2,3)13/h2-5,7-8H,6H2,1H3,(H,13,15);8,13H,4-7H2,1-3H3. The van der Waals surface area contributed by atoms with Crippen LogP contribution in [-0.2, 0) is 16.1 Å². The van der Waals surface area contributed by atoms with Crippen molar-refractivity contribution in [1.82, 2.24) is 15.2 Å². The van der Waals surface area contributed by atoms with Gasteiger partial charge in [-0.25, -0.2) is 4.98 Å². The minimum atomic E-state index is -0.181. The maximum Gasteiger partial charge on any atom is 0.224 e. The van der Waals surface area contributed by atoms with E-state index in [0.717, 1.165) is 30.6 Å². The zero-order valence-corrected chi connectivity index (χ0v) is 19.4. The highest BCUT2D eigenvalue weighted by atomic mass is 32.1. The number of benzene rings is 1. The first kappa shape index (κ1) is 23.4. The largest absolute Gasteiger partial charge is 0.355 e. The minimum absolute atomic E-state index is 0.181. The van der Waals surface area contributed by atoms with Crippen LogP contribution in [0.1, 0.15) is 51.3 Å². The third-order valence-corrected chi connectivity index (χ3v) is 5.94. The number of aromatic nitrogens is 1. The molecule has 1 atom stereocenters. The van der Waals surface area contributed by atoms with Crippen molar-refractivity contribution in [2.45, 2.75) is 64.3 Å². The Morgan fingerprint density at radius 3 is 2.55 bits per heavy atom. The molecule has 1 aliphatic rings. The van der Waals surface area contributed by atoms with E-state index in [-0.39, 0.29) is 10.7 Å². The van der Waals surface area contributed by atoms with Gasteiger partial charge in [0.25, 0.3) is 0 Å². The Kier molecular flexibility index (Phi) is 8.71. The fraction of sp³-hybridized carbons (Fsp3) is 0.500. The summed E-state index contributed by atoms with van der Waals surface area (Å²) in [5, 5.41) is 2.64. The summed E-state index contributed by atoms with van der Waals surface area (Å²) >= 11 is 6.01. The highest BCUT2D eigenvalue weighted by Gasteiger charge is 2.28. The van der Waals surface area contributed by atoms with Crippen molar-refractivity contribution >= 4 is 36.3 Å². The number of amides is 2. The summed E-state index contributed by atoms with van der Waals surface area (Å²) in [6.07, 6.45) is 3.56. The zero-order chi connectivity index (χ0) is 21.4. The number of rotatable bonds is 6. The number of hydrogen-bond donors (Lipinski definition) is 2. The van der Waals surface area contributed by atoms with Crippen LogP contribution in [0.4, 0.5) is 0 Å². The van der Waals surface area contributed by atoms with Crippen LogP contribution in [0.2, 0.25) is 0 Å². The molecule has 2 amide bonds. The Hall–Kier alpha value is -1.86. The summed E-state index contributed by atoms with van der Waals surface area (Å²) < 4.78 is -0.181. The lowest BCUT2D eigenvalue weighted by Crippen LogP contribution is -2.36. The van der Waals surface area contributed by atoms with Gasteiger partial charge in [-0.3, -0.25) is 9.59 Å². The van der Waals surface area contributed by atoms with Crippen molar-refractivity contribution < 1.29 is 9.59 Å². The van der Waals surface area contributed by atoms with Gasteiger partial charge in [0.15, 0.2) is 0 Å². The van der Waals surface area contributed by atoms with Gasteiger partial charge in [0, 0.05) is 30.3 Å². The maximum absolute atomic E-state index is 11.7. The molecule has 0 aliphatic carbocycles. The van der Waals surface area contributed by atoms with Crippen molar-refractivity contribution in [2.24, 2.45) is 0 Å². The number of thiazole rings is 1. The summed E-state index contributed by atoms with van der Waals surface area (Å²) in [4.78, 5) is 29.3. The predicted octanol–water partition coefficient (Wildman–Crippen LogP) is 4.46. The van der Waals surface area contributed by atoms with Crippen molar-refractivity contribution in [3.05, 3.63) is 41.0 Å². The van der Waals surface area contributed by atoms with Gasteiger partial charge in [-0.1, -0.05) is 38.1 Å². The molecule has 1 aliphatic heterocycles. The fourth-order valence-electron chi connectivity index (χ4n) is 3.29. The Morgan fingerprint density at radius 1 is 1.38 bits per heavy atom.